The summed E-state index contributed by atoms with van der Waals surface area (Å²) in [6.07, 6.45) is 0. The van der Waals surface area contributed by atoms with Gasteiger partial charge in [0, 0.05) is 4.88 Å². The number of nitrogens with one attached hydrogen (secondary N) is 1. The normalized spacial score (nSPS) is 11.9. The lowest BCUT2D eigenvalue weighted by Crippen LogP contribution is -2.38. The van der Waals surface area contributed by atoms with Crippen LogP contribution in [0.2, 0.25) is 0 Å². The minimum absolute atomic E-state index is 0.0137. The summed E-state index contributed by atoms with van der Waals surface area (Å²) in [5.41, 5.74) is 1.38. The number of thiophene rings is 1. The zero-order valence-corrected chi connectivity index (χ0v) is 19.1. The maximum Gasteiger partial charge on any atom is 0.264 e. The molecule has 1 aromatic carbocycles. The lowest BCUT2D eigenvalue weighted by atomic mass is 10.2. The topological polar surface area (TPSA) is 101 Å². The Morgan fingerprint density at radius 3 is 2.40 bits per heavy atom. The van der Waals surface area contributed by atoms with Crippen molar-refractivity contribution in [3.8, 4) is 0 Å². The standard InChI is InChI=1S/C20H24N4O4S2/c1-12-6-8-15(9-7-12)30(27,28)22-17(25)11-24-16(10-23(4)5)21-19-18(20(24)26)13(2)14(3)29-19/h6-9H,10-11H2,1-5H3,(H,22,25). The van der Waals surface area contributed by atoms with E-state index < -0.39 is 22.5 Å². The van der Waals surface area contributed by atoms with Crippen LogP contribution in [0.25, 0.3) is 10.2 Å². The second kappa shape index (κ2) is 8.29. The zero-order valence-electron chi connectivity index (χ0n) is 17.5. The fourth-order valence-corrected chi connectivity index (χ4v) is 5.05. The van der Waals surface area contributed by atoms with E-state index in [0.29, 0.717) is 22.6 Å². The highest BCUT2D eigenvalue weighted by Gasteiger charge is 2.22. The van der Waals surface area contributed by atoms with Gasteiger partial charge in [0.1, 0.15) is 17.2 Å². The highest BCUT2D eigenvalue weighted by Crippen LogP contribution is 2.26. The van der Waals surface area contributed by atoms with E-state index in [4.69, 9.17) is 0 Å². The Kier molecular flexibility index (Phi) is 6.11. The summed E-state index contributed by atoms with van der Waals surface area (Å²) in [7, 11) is -0.382. The number of benzene rings is 1. The highest BCUT2D eigenvalue weighted by molar-refractivity contribution is 7.90. The number of aryl methyl sites for hydroxylation is 3. The molecule has 3 rings (SSSR count). The molecule has 1 N–H and O–H groups in total. The first-order chi connectivity index (χ1) is 14.0. The van der Waals surface area contributed by atoms with Crippen molar-refractivity contribution >= 4 is 37.5 Å². The molecule has 0 unspecified atom stereocenters. The average molecular weight is 449 g/mol. The van der Waals surface area contributed by atoms with Gasteiger partial charge in [-0.1, -0.05) is 17.7 Å². The van der Waals surface area contributed by atoms with Crippen molar-refractivity contribution in [2.45, 2.75) is 38.8 Å². The molecule has 3 aromatic rings. The van der Waals surface area contributed by atoms with E-state index in [1.165, 1.54) is 28.0 Å². The predicted molar refractivity (Wildman–Crippen MR) is 117 cm³/mol. The Labute approximate surface area is 179 Å². The summed E-state index contributed by atoms with van der Waals surface area (Å²) in [4.78, 5) is 33.8. The third-order valence-corrected chi connectivity index (χ3v) is 7.20. The maximum atomic E-state index is 13.2. The molecule has 0 saturated heterocycles. The fraction of sp³-hybridized carbons (Fsp3) is 0.350. The van der Waals surface area contributed by atoms with Crippen LogP contribution >= 0.6 is 11.3 Å². The zero-order chi connectivity index (χ0) is 22.2. The van der Waals surface area contributed by atoms with Crippen LogP contribution in [0.4, 0.5) is 0 Å². The third-order valence-electron chi connectivity index (χ3n) is 4.71. The summed E-state index contributed by atoms with van der Waals surface area (Å²) in [6.45, 7) is 5.49. The molecule has 0 spiro atoms. The van der Waals surface area contributed by atoms with Crippen molar-refractivity contribution in [3.63, 3.8) is 0 Å². The van der Waals surface area contributed by atoms with Gasteiger partial charge in [-0.05, 0) is 52.6 Å². The van der Waals surface area contributed by atoms with E-state index >= 15 is 0 Å². The number of carbonyl (C=O) groups is 1. The third kappa shape index (κ3) is 4.45. The van der Waals surface area contributed by atoms with Crippen LogP contribution < -0.4 is 10.3 Å². The molecule has 10 heteroatoms. The summed E-state index contributed by atoms with van der Waals surface area (Å²) < 4.78 is 28.3. The maximum absolute atomic E-state index is 13.2. The van der Waals surface area contributed by atoms with Crippen molar-refractivity contribution < 1.29 is 13.2 Å². The first kappa shape index (κ1) is 22.1. The van der Waals surface area contributed by atoms with Crippen molar-refractivity contribution in [1.29, 1.82) is 0 Å². The van der Waals surface area contributed by atoms with E-state index in [1.807, 2.05) is 39.8 Å². The first-order valence-electron chi connectivity index (χ1n) is 9.26. The number of hydrogen-bond acceptors (Lipinski definition) is 7. The molecule has 2 aromatic heterocycles. The first-order valence-corrected chi connectivity index (χ1v) is 11.6. The molecule has 0 atom stereocenters. The molecule has 0 bridgehead atoms. The van der Waals surface area contributed by atoms with Crippen molar-refractivity contribution in [1.82, 2.24) is 19.2 Å². The summed E-state index contributed by atoms with van der Waals surface area (Å²) in [5.74, 6) is -0.398. The Hall–Kier alpha value is -2.56. The molecule has 0 aliphatic carbocycles. The van der Waals surface area contributed by atoms with Gasteiger partial charge in [0.05, 0.1) is 16.8 Å². The number of carbonyl (C=O) groups excluding carboxylic acids is 1. The van der Waals surface area contributed by atoms with Gasteiger partial charge in [0.25, 0.3) is 21.5 Å². The van der Waals surface area contributed by atoms with E-state index in [2.05, 4.69) is 9.71 Å². The minimum atomic E-state index is -4.04. The van der Waals surface area contributed by atoms with Gasteiger partial charge in [0.2, 0.25) is 0 Å². The second-order valence-corrected chi connectivity index (χ2v) is 10.3. The van der Waals surface area contributed by atoms with Crippen LogP contribution in [-0.2, 0) is 27.9 Å². The van der Waals surface area contributed by atoms with E-state index in [-0.39, 0.29) is 10.5 Å². The smallest absolute Gasteiger partial charge is 0.264 e. The number of rotatable bonds is 6. The van der Waals surface area contributed by atoms with Crippen LogP contribution in [0.3, 0.4) is 0 Å². The van der Waals surface area contributed by atoms with Gasteiger partial charge in [0.15, 0.2) is 0 Å². The van der Waals surface area contributed by atoms with E-state index in [1.54, 1.807) is 12.1 Å². The largest absolute Gasteiger partial charge is 0.302 e. The van der Waals surface area contributed by atoms with Crippen molar-refractivity contribution in [2.24, 2.45) is 0 Å². The number of aromatic nitrogens is 2. The lowest BCUT2D eigenvalue weighted by molar-refractivity contribution is -0.120. The summed E-state index contributed by atoms with van der Waals surface area (Å²) in [5, 5.41) is 0.467. The molecule has 0 aliphatic rings. The molecule has 8 nitrogen and oxygen atoms in total. The van der Waals surface area contributed by atoms with Crippen molar-refractivity contribution in [2.75, 3.05) is 14.1 Å². The van der Waals surface area contributed by atoms with Crippen LogP contribution in [0, 0.1) is 20.8 Å². The molecular weight excluding hydrogens is 424 g/mol. The number of fused-ring (bicyclic) bond motifs is 1. The van der Waals surface area contributed by atoms with Gasteiger partial charge in [-0.2, -0.15) is 0 Å². The Balaban J connectivity index is 1.98. The van der Waals surface area contributed by atoms with Gasteiger partial charge in [-0.3, -0.25) is 14.2 Å². The van der Waals surface area contributed by atoms with Crippen LogP contribution in [0.1, 0.15) is 21.8 Å². The Bertz CT molecular complexity index is 1270. The van der Waals surface area contributed by atoms with Crippen molar-refractivity contribution in [3.05, 3.63) is 56.4 Å². The molecule has 2 heterocycles. The van der Waals surface area contributed by atoms with Gasteiger partial charge < -0.3 is 4.90 Å². The molecule has 1 amide bonds. The molecular formula is C20H24N4O4S2. The van der Waals surface area contributed by atoms with Crippen LogP contribution in [0.5, 0.6) is 0 Å². The van der Waals surface area contributed by atoms with Crippen LogP contribution in [0.15, 0.2) is 34.0 Å². The van der Waals surface area contributed by atoms with Gasteiger partial charge >= 0.3 is 0 Å². The SMILES string of the molecule is Cc1ccc(S(=O)(=O)NC(=O)Cn2c(CN(C)C)nc3sc(C)c(C)c3c2=O)cc1. The minimum Gasteiger partial charge on any atom is -0.302 e. The van der Waals surface area contributed by atoms with Gasteiger partial charge in [-0.25, -0.2) is 18.1 Å². The fourth-order valence-electron chi connectivity index (χ4n) is 3.04. The van der Waals surface area contributed by atoms with E-state index in [0.717, 1.165) is 16.0 Å². The number of sulfonamides is 1. The summed E-state index contributed by atoms with van der Waals surface area (Å²) in [6, 6.07) is 6.16. The van der Waals surface area contributed by atoms with Crippen LogP contribution in [-0.4, -0.2) is 42.9 Å². The molecule has 160 valence electrons. The van der Waals surface area contributed by atoms with E-state index in [9.17, 15) is 18.0 Å². The quantitative estimate of drug-likeness (QED) is 0.619. The number of amides is 1. The Morgan fingerprint density at radius 1 is 1.17 bits per heavy atom. The molecule has 30 heavy (non-hydrogen) atoms. The predicted octanol–water partition coefficient (Wildman–Crippen LogP) is 1.95. The Morgan fingerprint density at radius 2 is 1.80 bits per heavy atom. The molecule has 0 radical (unpaired) electrons. The average Bonchev–Trinajstić information content (AvgIpc) is 2.92. The van der Waals surface area contributed by atoms with Gasteiger partial charge in [-0.15, -0.1) is 11.3 Å². The molecule has 0 aliphatic heterocycles. The number of nitrogens with zero attached hydrogens (tertiary/aromatic N) is 3. The molecule has 0 fully saturated rings. The lowest BCUT2D eigenvalue weighted by Gasteiger charge is -2.16. The number of hydrogen-bond donors (Lipinski definition) is 1. The second-order valence-electron chi connectivity index (χ2n) is 7.46. The summed E-state index contributed by atoms with van der Waals surface area (Å²) >= 11 is 1.43. The highest BCUT2D eigenvalue weighted by atomic mass is 32.2. The monoisotopic (exact) mass is 448 g/mol. The molecule has 0 saturated carbocycles.